The Morgan fingerprint density at radius 3 is 2.76 bits per heavy atom. The van der Waals surface area contributed by atoms with Crippen molar-refractivity contribution in [3.05, 3.63) is 34.3 Å². The summed E-state index contributed by atoms with van der Waals surface area (Å²) in [6.45, 7) is 2.18. The molecule has 0 bridgehead atoms. The van der Waals surface area contributed by atoms with Gasteiger partial charge in [-0.15, -0.1) is 5.92 Å². The second-order valence-corrected chi connectivity index (χ2v) is 4.94. The van der Waals surface area contributed by atoms with Crippen LogP contribution in [0.1, 0.15) is 38.2 Å². The molecule has 0 aliphatic rings. The van der Waals surface area contributed by atoms with E-state index >= 15 is 0 Å². The van der Waals surface area contributed by atoms with Gasteiger partial charge < -0.3 is 5.11 Å². The number of hydrogen-bond acceptors (Lipinski definition) is 1. The van der Waals surface area contributed by atoms with E-state index in [0.29, 0.717) is 6.42 Å². The van der Waals surface area contributed by atoms with E-state index in [1.807, 2.05) is 24.3 Å². The van der Waals surface area contributed by atoms with Crippen LogP contribution >= 0.6 is 15.9 Å². The first kappa shape index (κ1) is 14.3. The van der Waals surface area contributed by atoms with Crippen molar-refractivity contribution in [2.75, 3.05) is 0 Å². The second-order valence-electron chi connectivity index (χ2n) is 4.09. The van der Waals surface area contributed by atoms with Gasteiger partial charge in [0, 0.05) is 17.3 Å². The van der Waals surface area contributed by atoms with E-state index in [4.69, 9.17) is 0 Å². The predicted octanol–water partition coefficient (Wildman–Crippen LogP) is 3.94. The number of hydrogen-bond donors (Lipinski definition) is 1. The van der Waals surface area contributed by atoms with Crippen molar-refractivity contribution >= 4 is 15.9 Å². The van der Waals surface area contributed by atoms with Crippen molar-refractivity contribution in [2.45, 2.75) is 45.1 Å². The molecule has 0 fully saturated rings. The highest BCUT2D eigenvalue weighted by Gasteiger charge is 2.04. The maximum Gasteiger partial charge on any atom is 0.118 e. The van der Waals surface area contributed by atoms with E-state index in [1.165, 1.54) is 12.8 Å². The van der Waals surface area contributed by atoms with Crippen LogP contribution in [-0.2, 0) is 6.42 Å². The molecule has 1 rings (SSSR count). The Bertz CT molecular complexity index is 389. The van der Waals surface area contributed by atoms with Gasteiger partial charge in [-0.25, -0.2) is 0 Å². The van der Waals surface area contributed by atoms with Gasteiger partial charge >= 0.3 is 0 Å². The molecule has 0 saturated heterocycles. The lowest BCUT2D eigenvalue weighted by atomic mass is 10.1. The summed E-state index contributed by atoms with van der Waals surface area (Å²) < 4.78 is 1.03. The highest BCUT2D eigenvalue weighted by Crippen LogP contribution is 2.17. The summed E-state index contributed by atoms with van der Waals surface area (Å²) in [5.74, 6) is 5.95. The molecule has 1 aromatic carbocycles. The molecule has 0 radical (unpaired) electrons. The average Bonchev–Trinajstić information content (AvgIpc) is 2.32. The summed E-state index contributed by atoms with van der Waals surface area (Å²) in [5, 5.41) is 9.79. The third kappa shape index (κ3) is 5.91. The van der Waals surface area contributed by atoms with Crippen LogP contribution in [0.25, 0.3) is 0 Å². The number of benzene rings is 1. The topological polar surface area (TPSA) is 20.2 Å². The van der Waals surface area contributed by atoms with Gasteiger partial charge in [0.2, 0.25) is 0 Å². The summed E-state index contributed by atoms with van der Waals surface area (Å²) in [6, 6.07) is 7.93. The van der Waals surface area contributed by atoms with Gasteiger partial charge in [0.1, 0.15) is 6.10 Å². The maximum atomic E-state index is 9.79. The van der Waals surface area contributed by atoms with E-state index in [1.54, 1.807) is 0 Å². The molecular weight excluding hydrogens is 276 g/mol. The number of halogens is 1. The smallest absolute Gasteiger partial charge is 0.118 e. The van der Waals surface area contributed by atoms with E-state index in [9.17, 15) is 5.11 Å². The van der Waals surface area contributed by atoms with Crippen LogP contribution in [0.4, 0.5) is 0 Å². The first-order chi connectivity index (χ1) is 8.24. The van der Waals surface area contributed by atoms with Crippen LogP contribution in [0.2, 0.25) is 0 Å². The summed E-state index contributed by atoms with van der Waals surface area (Å²) in [4.78, 5) is 0. The van der Waals surface area contributed by atoms with E-state index in [-0.39, 0.29) is 0 Å². The number of aliphatic hydroxyl groups excluding tert-OH is 1. The second kappa shape index (κ2) is 8.33. The Balaban J connectivity index is 2.39. The van der Waals surface area contributed by atoms with Crippen LogP contribution in [-0.4, -0.2) is 11.2 Å². The quantitative estimate of drug-likeness (QED) is 0.644. The van der Waals surface area contributed by atoms with Crippen LogP contribution in [0, 0.1) is 11.8 Å². The summed E-state index contributed by atoms with van der Waals surface area (Å²) in [5.41, 5.74) is 1.10. The number of unbranched alkanes of at least 4 members (excludes halogenated alkanes) is 3. The van der Waals surface area contributed by atoms with Gasteiger partial charge in [0.15, 0.2) is 0 Å². The van der Waals surface area contributed by atoms with E-state index in [0.717, 1.165) is 22.9 Å². The zero-order valence-corrected chi connectivity index (χ0v) is 11.8. The van der Waals surface area contributed by atoms with Crippen LogP contribution in [0.3, 0.4) is 0 Å². The van der Waals surface area contributed by atoms with Gasteiger partial charge in [-0.2, -0.15) is 0 Å². The molecule has 0 aliphatic heterocycles. The molecule has 1 N–H and O–H groups in total. The molecule has 1 nitrogen and oxygen atoms in total. The Morgan fingerprint density at radius 1 is 1.29 bits per heavy atom. The molecule has 2 heteroatoms. The fourth-order valence-electron chi connectivity index (χ4n) is 1.58. The molecular formula is C15H19BrO. The minimum Gasteiger partial charge on any atom is -0.380 e. The largest absolute Gasteiger partial charge is 0.380 e. The molecule has 0 aliphatic carbocycles. The van der Waals surface area contributed by atoms with Gasteiger partial charge in [-0.3, -0.25) is 0 Å². The van der Waals surface area contributed by atoms with Crippen molar-refractivity contribution in [3.63, 3.8) is 0 Å². The molecule has 0 amide bonds. The highest BCUT2D eigenvalue weighted by atomic mass is 79.9. The van der Waals surface area contributed by atoms with Crippen molar-refractivity contribution in [1.82, 2.24) is 0 Å². The van der Waals surface area contributed by atoms with Crippen LogP contribution in [0.15, 0.2) is 28.7 Å². The zero-order chi connectivity index (χ0) is 12.5. The molecule has 17 heavy (non-hydrogen) atoms. The highest BCUT2D eigenvalue weighted by molar-refractivity contribution is 9.10. The lowest BCUT2D eigenvalue weighted by Crippen LogP contribution is -2.07. The Labute approximate surface area is 112 Å². The predicted molar refractivity (Wildman–Crippen MR) is 75.8 cm³/mol. The van der Waals surface area contributed by atoms with Crippen molar-refractivity contribution in [2.24, 2.45) is 0 Å². The van der Waals surface area contributed by atoms with Crippen molar-refractivity contribution in [1.29, 1.82) is 0 Å². The number of aliphatic hydroxyl groups is 1. The fraction of sp³-hybridized carbons (Fsp3) is 0.467. The standard InChI is InChI=1S/C15H19BrO/c1-2-3-4-5-6-10-14(17)12-13-9-7-8-11-15(13)16/h7-9,11,14,17H,2-5,12H2,1H3. The molecule has 92 valence electrons. The van der Waals surface area contributed by atoms with Crippen LogP contribution < -0.4 is 0 Å². The monoisotopic (exact) mass is 294 g/mol. The van der Waals surface area contributed by atoms with Crippen LogP contribution in [0.5, 0.6) is 0 Å². The van der Waals surface area contributed by atoms with Crippen molar-refractivity contribution in [3.8, 4) is 11.8 Å². The van der Waals surface area contributed by atoms with Gasteiger partial charge in [-0.05, 0) is 18.1 Å². The first-order valence-corrected chi connectivity index (χ1v) is 6.93. The molecule has 0 saturated carbocycles. The lowest BCUT2D eigenvalue weighted by molar-refractivity contribution is 0.233. The Hall–Kier alpha value is -0.780. The molecule has 1 atom stereocenters. The van der Waals surface area contributed by atoms with Crippen molar-refractivity contribution < 1.29 is 5.11 Å². The third-order valence-corrected chi connectivity index (χ3v) is 3.32. The summed E-state index contributed by atoms with van der Waals surface area (Å²) in [7, 11) is 0. The molecule has 0 aromatic heterocycles. The summed E-state index contributed by atoms with van der Waals surface area (Å²) >= 11 is 3.47. The SMILES string of the molecule is CCCCCC#CC(O)Cc1ccccc1Br. The Morgan fingerprint density at radius 2 is 2.06 bits per heavy atom. The van der Waals surface area contributed by atoms with Gasteiger partial charge in [-0.1, -0.05) is 59.8 Å². The average molecular weight is 295 g/mol. The molecule has 0 heterocycles. The normalized spacial score (nSPS) is 11.7. The van der Waals surface area contributed by atoms with Gasteiger partial charge in [0.05, 0.1) is 0 Å². The molecule has 1 aromatic rings. The fourth-order valence-corrected chi connectivity index (χ4v) is 2.02. The lowest BCUT2D eigenvalue weighted by Gasteiger charge is -2.05. The Kier molecular flexibility index (Phi) is 7.00. The third-order valence-electron chi connectivity index (χ3n) is 2.55. The summed E-state index contributed by atoms with van der Waals surface area (Å²) in [6.07, 6.45) is 4.47. The first-order valence-electron chi connectivity index (χ1n) is 6.14. The van der Waals surface area contributed by atoms with E-state index < -0.39 is 6.10 Å². The zero-order valence-electron chi connectivity index (χ0n) is 10.2. The number of rotatable bonds is 5. The molecule has 0 spiro atoms. The van der Waals surface area contributed by atoms with E-state index in [2.05, 4.69) is 34.7 Å². The van der Waals surface area contributed by atoms with Gasteiger partial charge in [0.25, 0.3) is 0 Å². The maximum absolute atomic E-state index is 9.79. The minimum absolute atomic E-state index is 0.560. The minimum atomic E-state index is -0.560. The molecule has 1 unspecified atom stereocenters.